The summed E-state index contributed by atoms with van der Waals surface area (Å²) in [6.45, 7) is -0.337. The number of carbonyl (C=O) groups excluding carboxylic acids is 5. The molecular weight excluding hydrogens is 342 g/mol. The molecule has 2 aliphatic heterocycles. The number of nitrogens with one attached hydrogen (secondary N) is 3. The average molecular weight is 357 g/mol. The van der Waals surface area contributed by atoms with Crippen molar-refractivity contribution in [2.75, 3.05) is 6.54 Å². The van der Waals surface area contributed by atoms with Crippen LogP contribution < -0.4 is 15.7 Å². The minimum absolute atomic E-state index is 0.0219. The maximum Gasteiger partial charge on any atom is 0.284 e. The lowest BCUT2D eigenvalue weighted by molar-refractivity contribution is -0.467. The Morgan fingerprint density at radius 1 is 1.27 bits per heavy atom. The predicted molar refractivity (Wildman–Crippen MR) is 84.1 cm³/mol. The Hall–Kier alpha value is -3.43. The van der Waals surface area contributed by atoms with Gasteiger partial charge in [0.1, 0.15) is 6.04 Å². The van der Waals surface area contributed by atoms with E-state index in [0.717, 1.165) is 4.90 Å². The van der Waals surface area contributed by atoms with Gasteiger partial charge in [-0.3, -0.25) is 34.2 Å². The van der Waals surface area contributed by atoms with Crippen LogP contribution in [0.1, 0.15) is 39.1 Å². The van der Waals surface area contributed by atoms with E-state index in [0.29, 0.717) is 5.56 Å². The molecule has 1 atom stereocenters. The molecule has 1 aromatic rings. The second-order valence-corrected chi connectivity index (χ2v) is 5.90. The van der Waals surface area contributed by atoms with Gasteiger partial charge in [-0.25, -0.2) is 0 Å². The first-order valence-corrected chi connectivity index (χ1v) is 7.91. The topological polar surface area (TPSA) is 149 Å². The van der Waals surface area contributed by atoms with Crippen molar-refractivity contribution < 1.29 is 29.1 Å². The highest BCUT2D eigenvalue weighted by atomic mass is 16.2. The zero-order valence-electron chi connectivity index (χ0n) is 13.6. The Balaban J connectivity index is 1.87. The third-order valence-electron chi connectivity index (χ3n) is 4.27. The van der Waals surface area contributed by atoms with E-state index in [-0.39, 0.29) is 37.1 Å². The smallest absolute Gasteiger partial charge is 0.284 e. The van der Waals surface area contributed by atoms with Gasteiger partial charge >= 0.3 is 0 Å². The zero-order chi connectivity index (χ0) is 18.8. The second-order valence-electron chi connectivity index (χ2n) is 5.90. The molecule has 2 heterocycles. The van der Waals surface area contributed by atoms with Crippen LogP contribution in [0.5, 0.6) is 0 Å². The van der Waals surface area contributed by atoms with Crippen LogP contribution in [0.3, 0.4) is 0 Å². The molecule has 0 bridgehead atoms. The van der Waals surface area contributed by atoms with Crippen LogP contribution in [-0.4, -0.2) is 47.0 Å². The van der Waals surface area contributed by atoms with Crippen LogP contribution in [0, 0.1) is 0 Å². The van der Waals surface area contributed by atoms with Crippen molar-refractivity contribution in [3.8, 4) is 0 Å². The van der Waals surface area contributed by atoms with Crippen LogP contribution in [0.25, 0.3) is 5.53 Å². The van der Waals surface area contributed by atoms with Gasteiger partial charge in [0.2, 0.25) is 18.4 Å². The molecule has 0 aliphatic carbocycles. The molecule has 1 aromatic carbocycles. The second kappa shape index (κ2) is 6.82. The number of amides is 5. The predicted octanol–water partition coefficient (Wildman–Crippen LogP) is -2.19. The summed E-state index contributed by atoms with van der Waals surface area (Å²) in [5.74, 6) is -2.86. The maximum absolute atomic E-state index is 12.8. The highest BCUT2D eigenvalue weighted by Gasteiger charge is 2.45. The number of fused-ring (bicyclic) bond motifs is 1. The van der Waals surface area contributed by atoms with Gasteiger partial charge in [0.15, 0.2) is 0 Å². The highest BCUT2D eigenvalue weighted by molar-refractivity contribution is 6.24. The molecule has 134 valence electrons. The van der Waals surface area contributed by atoms with Crippen molar-refractivity contribution >= 4 is 29.5 Å². The monoisotopic (exact) mass is 357 g/mol. The Morgan fingerprint density at radius 3 is 2.73 bits per heavy atom. The minimum Gasteiger partial charge on any atom is -0.508 e. The molecule has 3 rings (SSSR count). The first-order chi connectivity index (χ1) is 12.4. The standard InChI is InChI=1S/C16H15N5O5/c17-19-7-12(23)18-6-8-2-1-3-9-13(8)16(26)21(15(9)25)10-4-5-11(22)20-14(10)24/h1-3,10,19H,4-7H2,(H,18,23)(H,20,22,24). The Bertz CT molecular complexity index is 849. The first kappa shape index (κ1) is 17.4. The minimum atomic E-state index is -1.04. The summed E-state index contributed by atoms with van der Waals surface area (Å²) in [6, 6.07) is 3.59. The van der Waals surface area contributed by atoms with Crippen LogP contribution in [-0.2, 0) is 20.9 Å². The van der Waals surface area contributed by atoms with E-state index in [9.17, 15) is 24.0 Å². The van der Waals surface area contributed by atoms with Crippen molar-refractivity contribution in [2.45, 2.75) is 25.4 Å². The van der Waals surface area contributed by atoms with E-state index in [1.165, 1.54) is 6.07 Å². The molecule has 0 saturated carbocycles. The van der Waals surface area contributed by atoms with Gasteiger partial charge in [0, 0.05) is 13.0 Å². The molecule has 26 heavy (non-hydrogen) atoms. The molecule has 0 spiro atoms. The number of imide groups is 2. The lowest BCUT2D eigenvalue weighted by Crippen LogP contribution is -2.67. The normalized spacial score (nSPS) is 19.2. The van der Waals surface area contributed by atoms with E-state index in [4.69, 9.17) is 5.53 Å². The summed E-state index contributed by atoms with van der Waals surface area (Å²) in [7, 11) is 0. The fraction of sp³-hybridized carbons (Fsp3) is 0.312. The van der Waals surface area contributed by atoms with E-state index >= 15 is 0 Å². The van der Waals surface area contributed by atoms with Crippen LogP contribution in [0.2, 0.25) is 0 Å². The fourth-order valence-electron chi connectivity index (χ4n) is 3.06. The lowest BCUT2D eigenvalue weighted by Gasteiger charge is -2.27. The van der Waals surface area contributed by atoms with Gasteiger partial charge in [-0.2, -0.15) is 0 Å². The SMILES string of the molecule is [N-]=[NH+]CC(=O)NCc1cccc2c1C(=O)N(C1CCC(=O)NC1=O)C2=O. The molecule has 10 nitrogen and oxygen atoms in total. The molecular formula is C16H15N5O5. The van der Waals surface area contributed by atoms with Gasteiger partial charge in [0.25, 0.3) is 17.7 Å². The third-order valence-corrected chi connectivity index (χ3v) is 4.27. The Labute approximate surface area is 147 Å². The summed E-state index contributed by atoms with van der Waals surface area (Å²) in [5.41, 5.74) is 9.20. The van der Waals surface area contributed by atoms with Crippen molar-refractivity contribution in [1.82, 2.24) is 15.5 Å². The zero-order valence-corrected chi connectivity index (χ0v) is 13.6. The highest BCUT2D eigenvalue weighted by Crippen LogP contribution is 2.29. The van der Waals surface area contributed by atoms with Crippen molar-refractivity contribution in [3.63, 3.8) is 0 Å². The van der Waals surface area contributed by atoms with Gasteiger partial charge in [-0.05, 0) is 18.1 Å². The van der Waals surface area contributed by atoms with Crippen LogP contribution in [0.15, 0.2) is 18.2 Å². The lowest BCUT2D eigenvalue weighted by atomic mass is 10.0. The molecule has 1 saturated heterocycles. The Kier molecular flexibility index (Phi) is 4.57. The van der Waals surface area contributed by atoms with Gasteiger partial charge < -0.3 is 16.0 Å². The molecule has 1 fully saturated rings. The summed E-state index contributed by atoms with van der Waals surface area (Å²) in [6.07, 6.45) is 0.116. The number of nitrogens with zero attached hydrogens (tertiary/aromatic N) is 2. The number of rotatable bonds is 5. The van der Waals surface area contributed by atoms with Crippen LogP contribution in [0.4, 0.5) is 0 Å². The maximum atomic E-state index is 12.8. The van der Waals surface area contributed by atoms with Crippen molar-refractivity contribution in [3.05, 3.63) is 40.4 Å². The van der Waals surface area contributed by atoms with E-state index in [2.05, 4.69) is 10.6 Å². The first-order valence-electron chi connectivity index (χ1n) is 7.91. The molecule has 2 aliphatic rings. The largest absolute Gasteiger partial charge is 0.508 e. The molecule has 0 radical (unpaired) electrons. The van der Waals surface area contributed by atoms with Crippen LogP contribution >= 0.6 is 0 Å². The molecule has 5 amide bonds. The van der Waals surface area contributed by atoms with Gasteiger partial charge in [-0.1, -0.05) is 12.1 Å². The molecule has 0 aromatic heterocycles. The van der Waals surface area contributed by atoms with Gasteiger partial charge in [0.05, 0.1) is 11.1 Å². The van der Waals surface area contributed by atoms with E-state index < -0.39 is 35.6 Å². The van der Waals surface area contributed by atoms with Crippen molar-refractivity contribution in [1.29, 1.82) is 0 Å². The molecule has 3 N–H and O–H groups in total. The number of carbonyl (C=O) groups is 5. The summed E-state index contributed by atoms with van der Waals surface area (Å²) in [4.78, 5) is 61.1. The third kappa shape index (κ3) is 2.96. The summed E-state index contributed by atoms with van der Waals surface area (Å²) < 4.78 is 0. The summed E-state index contributed by atoms with van der Waals surface area (Å²) >= 11 is 0. The Morgan fingerprint density at radius 2 is 2.04 bits per heavy atom. The number of piperidine rings is 1. The number of benzene rings is 1. The molecule has 1 unspecified atom stereocenters. The van der Waals surface area contributed by atoms with E-state index in [1.54, 1.807) is 17.2 Å². The number of hydrogen-bond donors (Lipinski definition) is 3. The molecule has 10 heteroatoms. The fourth-order valence-corrected chi connectivity index (χ4v) is 3.06. The van der Waals surface area contributed by atoms with E-state index in [1.807, 2.05) is 0 Å². The summed E-state index contributed by atoms with van der Waals surface area (Å²) in [5, 5.41) is 6.35. The average Bonchev–Trinajstić information content (AvgIpc) is 2.85. The number of hydrogen-bond acceptors (Lipinski definition) is 5. The van der Waals surface area contributed by atoms with Gasteiger partial charge in [-0.15, -0.1) is 0 Å². The quantitative estimate of drug-likeness (QED) is 0.404. The van der Waals surface area contributed by atoms with Crippen molar-refractivity contribution in [2.24, 2.45) is 0 Å².